The molecule has 168 valence electrons. The lowest BCUT2D eigenvalue weighted by molar-refractivity contribution is -0.118. The third-order valence-corrected chi connectivity index (χ3v) is 6.47. The van der Waals surface area contributed by atoms with Gasteiger partial charge >= 0.3 is 0 Å². The van der Waals surface area contributed by atoms with Crippen LogP contribution in [0, 0.1) is 10.5 Å². The van der Waals surface area contributed by atoms with Crippen LogP contribution in [0.25, 0.3) is 0 Å². The Morgan fingerprint density at radius 1 is 1.09 bits per heavy atom. The topological polar surface area (TPSA) is 59.6 Å². The number of carbonyl (C=O) groups excluding carboxylic acids is 1. The standard InChI is InChI=1S/C24H23BrClIN2O3/c1-3-31-22-11-16(13-28-17-7-8-19(25)20(26)12-17)10-21(27)24(22)32-14-23(30)29-18-6-4-5-15(2)9-18/h4-12,28H,3,13-14H2,1-2H3,(H,29,30). The Morgan fingerprint density at radius 2 is 1.91 bits per heavy atom. The van der Waals surface area contributed by atoms with Crippen molar-refractivity contribution in [2.45, 2.75) is 20.4 Å². The van der Waals surface area contributed by atoms with Crippen LogP contribution in [0.2, 0.25) is 5.02 Å². The highest BCUT2D eigenvalue weighted by molar-refractivity contribution is 14.1. The van der Waals surface area contributed by atoms with Crippen LogP contribution < -0.4 is 20.1 Å². The summed E-state index contributed by atoms with van der Waals surface area (Å²) in [5.74, 6) is 0.933. The van der Waals surface area contributed by atoms with E-state index in [1.165, 1.54) is 0 Å². The van der Waals surface area contributed by atoms with E-state index in [9.17, 15) is 4.79 Å². The zero-order valence-electron chi connectivity index (χ0n) is 17.7. The third-order valence-electron chi connectivity index (χ3n) is 4.43. The van der Waals surface area contributed by atoms with E-state index in [2.05, 4.69) is 49.2 Å². The summed E-state index contributed by atoms with van der Waals surface area (Å²) in [5, 5.41) is 6.85. The number of halogens is 3. The molecule has 0 saturated heterocycles. The van der Waals surface area contributed by atoms with E-state index < -0.39 is 0 Å². The van der Waals surface area contributed by atoms with Gasteiger partial charge in [-0.15, -0.1) is 0 Å². The van der Waals surface area contributed by atoms with Crippen LogP contribution in [0.3, 0.4) is 0 Å². The van der Waals surface area contributed by atoms with E-state index in [1.807, 2.05) is 68.4 Å². The van der Waals surface area contributed by atoms with Crippen LogP contribution in [-0.4, -0.2) is 19.1 Å². The largest absolute Gasteiger partial charge is 0.490 e. The summed E-state index contributed by atoms with van der Waals surface area (Å²) in [6, 6.07) is 17.3. The molecule has 0 aromatic heterocycles. The van der Waals surface area contributed by atoms with Crippen molar-refractivity contribution in [2.24, 2.45) is 0 Å². The number of amides is 1. The number of ether oxygens (including phenoxy) is 2. The molecule has 0 atom stereocenters. The zero-order valence-corrected chi connectivity index (χ0v) is 22.2. The van der Waals surface area contributed by atoms with Gasteiger partial charge in [-0.1, -0.05) is 23.7 Å². The van der Waals surface area contributed by atoms with Crippen molar-refractivity contribution in [2.75, 3.05) is 23.8 Å². The predicted octanol–water partition coefficient (Wildman–Crippen LogP) is 7.04. The van der Waals surface area contributed by atoms with Crippen molar-refractivity contribution in [3.63, 3.8) is 0 Å². The quantitative estimate of drug-likeness (QED) is 0.249. The van der Waals surface area contributed by atoms with Crippen LogP contribution in [0.5, 0.6) is 11.5 Å². The molecule has 8 heteroatoms. The maximum atomic E-state index is 12.4. The molecule has 0 saturated carbocycles. The molecular formula is C24H23BrClIN2O3. The minimum absolute atomic E-state index is 0.112. The van der Waals surface area contributed by atoms with Gasteiger partial charge in [-0.05, 0) is 106 Å². The Kier molecular flexibility index (Phi) is 9.07. The summed E-state index contributed by atoms with van der Waals surface area (Å²) in [5.41, 5.74) is 3.76. The summed E-state index contributed by atoms with van der Waals surface area (Å²) in [6.45, 7) is 4.85. The SMILES string of the molecule is CCOc1cc(CNc2ccc(Br)c(Cl)c2)cc(I)c1OCC(=O)Nc1cccc(C)c1. The van der Waals surface area contributed by atoms with Gasteiger partial charge in [-0.3, -0.25) is 4.79 Å². The van der Waals surface area contributed by atoms with E-state index in [1.54, 1.807) is 0 Å². The molecule has 0 fully saturated rings. The molecule has 3 rings (SSSR count). The molecular weight excluding hydrogens is 607 g/mol. The van der Waals surface area contributed by atoms with Crippen molar-refractivity contribution in [1.29, 1.82) is 0 Å². The minimum atomic E-state index is -0.230. The number of rotatable bonds is 9. The average molecular weight is 630 g/mol. The number of nitrogens with one attached hydrogen (secondary N) is 2. The Bertz CT molecular complexity index is 1110. The second-order valence-corrected chi connectivity index (χ2v) is 9.45. The molecule has 0 aliphatic rings. The van der Waals surface area contributed by atoms with Crippen LogP contribution in [-0.2, 0) is 11.3 Å². The molecule has 0 unspecified atom stereocenters. The molecule has 2 N–H and O–H groups in total. The lowest BCUT2D eigenvalue weighted by Gasteiger charge is -2.16. The monoisotopic (exact) mass is 628 g/mol. The van der Waals surface area contributed by atoms with Gasteiger partial charge in [0.1, 0.15) is 0 Å². The summed E-state index contributed by atoms with van der Waals surface area (Å²) in [7, 11) is 0. The minimum Gasteiger partial charge on any atom is -0.490 e. The zero-order chi connectivity index (χ0) is 23.1. The van der Waals surface area contributed by atoms with Crippen molar-refractivity contribution >= 4 is 67.4 Å². The first-order chi connectivity index (χ1) is 15.4. The van der Waals surface area contributed by atoms with Gasteiger partial charge in [0, 0.05) is 22.4 Å². The number of carbonyl (C=O) groups is 1. The molecule has 3 aromatic rings. The van der Waals surface area contributed by atoms with Gasteiger partial charge in [0.15, 0.2) is 18.1 Å². The maximum Gasteiger partial charge on any atom is 0.262 e. The van der Waals surface area contributed by atoms with Crippen molar-refractivity contribution in [3.05, 3.63) is 78.8 Å². The molecule has 0 spiro atoms. The van der Waals surface area contributed by atoms with Gasteiger partial charge in [-0.2, -0.15) is 0 Å². The highest BCUT2D eigenvalue weighted by Gasteiger charge is 2.14. The van der Waals surface area contributed by atoms with Gasteiger partial charge in [0.25, 0.3) is 5.91 Å². The van der Waals surface area contributed by atoms with Crippen LogP contribution in [0.4, 0.5) is 11.4 Å². The Hall–Kier alpha value is -1.97. The number of benzene rings is 3. The fourth-order valence-corrected chi connectivity index (χ4v) is 4.24. The third kappa shape index (κ3) is 7.02. The van der Waals surface area contributed by atoms with Crippen LogP contribution in [0.15, 0.2) is 59.1 Å². The van der Waals surface area contributed by atoms with E-state index in [4.69, 9.17) is 21.1 Å². The fourth-order valence-electron chi connectivity index (χ4n) is 2.99. The van der Waals surface area contributed by atoms with Crippen LogP contribution in [0.1, 0.15) is 18.1 Å². The van der Waals surface area contributed by atoms with E-state index in [-0.39, 0.29) is 12.5 Å². The second-order valence-electron chi connectivity index (χ2n) is 7.03. The summed E-state index contributed by atoms with van der Waals surface area (Å²) in [4.78, 5) is 12.4. The first-order valence-electron chi connectivity index (χ1n) is 9.99. The van der Waals surface area contributed by atoms with Crippen molar-refractivity contribution < 1.29 is 14.3 Å². The molecule has 0 aliphatic heterocycles. The molecule has 5 nitrogen and oxygen atoms in total. The molecule has 0 bridgehead atoms. The van der Waals surface area contributed by atoms with Crippen molar-refractivity contribution in [3.8, 4) is 11.5 Å². The van der Waals surface area contributed by atoms with Gasteiger partial charge in [-0.25, -0.2) is 0 Å². The number of hydrogen-bond acceptors (Lipinski definition) is 4. The highest BCUT2D eigenvalue weighted by atomic mass is 127. The second kappa shape index (κ2) is 11.8. The molecule has 0 heterocycles. The van der Waals surface area contributed by atoms with Crippen molar-refractivity contribution in [1.82, 2.24) is 0 Å². The lowest BCUT2D eigenvalue weighted by atomic mass is 10.2. The molecule has 32 heavy (non-hydrogen) atoms. The number of anilines is 2. The Labute approximate surface area is 215 Å². The lowest BCUT2D eigenvalue weighted by Crippen LogP contribution is -2.20. The molecule has 3 aromatic carbocycles. The first kappa shape index (κ1) is 24.7. The number of hydrogen-bond donors (Lipinski definition) is 2. The van der Waals surface area contributed by atoms with Gasteiger partial charge < -0.3 is 20.1 Å². The van der Waals surface area contributed by atoms with Gasteiger partial charge in [0.2, 0.25) is 0 Å². The molecule has 1 amide bonds. The van der Waals surface area contributed by atoms with E-state index in [0.717, 1.165) is 30.5 Å². The molecule has 0 radical (unpaired) electrons. The average Bonchev–Trinajstić information content (AvgIpc) is 2.74. The summed E-state index contributed by atoms with van der Waals surface area (Å²) >= 11 is 11.8. The normalized spacial score (nSPS) is 10.5. The summed E-state index contributed by atoms with van der Waals surface area (Å²) in [6.07, 6.45) is 0. The fraction of sp³-hybridized carbons (Fsp3) is 0.208. The first-order valence-corrected chi connectivity index (χ1v) is 12.2. The van der Waals surface area contributed by atoms with E-state index >= 15 is 0 Å². The Balaban J connectivity index is 1.67. The molecule has 0 aliphatic carbocycles. The smallest absolute Gasteiger partial charge is 0.262 e. The highest BCUT2D eigenvalue weighted by Crippen LogP contribution is 2.35. The Morgan fingerprint density at radius 3 is 2.62 bits per heavy atom. The maximum absolute atomic E-state index is 12.4. The van der Waals surface area contributed by atoms with Crippen LogP contribution >= 0.6 is 50.1 Å². The van der Waals surface area contributed by atoms with Gasteiger partial charge in [0.05, 0.1) is 15.2 Å². The number of aryl methyl sites for hydroxylation is 1. The predicted molar refractivity (Wildman–Crippen MR) is 142 cm³/mol. The summed E-state index contributed by atoms with van der Waals surface area (Å²) < 4.78 is 13.4. The van der Waals surface area contributed by atoms with E-state index in [0.29, 0.717) is 29.7 Å².